The molecule has 4 nitrogen and oxygen atoms in total. The van der Waals surface area contributed by atoms with Gasteiger partial charge in [0.2, 0.25) is 0 Å². The Morgan fingerprint density at radius 2 is 1.90 bits per heavy atom. The summed E-state index contributed by atoms with van der Waals surface area (Å²) < 4.78 is 0. The predicted octanol–water partition coefficient (Wildman–Crippen LogP) is 3.77. The van der Waals surface area contributed by atoms with E-state index in [1.807, 2.05) is 30.3 Å². The van der Waals surface area contributed by atoms with Crippen molar-refractivity contribution in [3.8, 4) is 6.07 Å². The van der Waals surface area contributed by atoms with Crippen molar-refractivity contribution in [1.29, 1.82) is 5.26 Å². The Morgan fingerprint density at radius 1 is 1.10 bits per heavy atom. The molecule has 5 heteroatoms. The third-order valence-electron chi connectivity index (χ3n) is 3.14. The topological polar surface area (TPSA) is 61.6 Å². The first kappa shape index (κ1) is 13.3. The fraction of sp³-hybridized carbons (Fsp3) is 0.0625. The number of hydrogen-bond donors (Lipinski definition) is 1. The summed E-state index contributed by atoms with van der Waals surface area (Å²) >= 11 is 5.87. The van der Waals surface area contributed by atoms with E-state index in [1.54, 1.807) is 12.1 Å². The fourth-order valence-corrected chi connectivity index (χ4v) is 2.18. The number of anilines is 1. The molecule has 3 rings (SSSR count). The van der Waals surface area contributed by atoms with Crippen molar-refractivity contribution in [3.05, 3.63) is 64.9 Å². The number of rotatable bonds is 3. The molecule has 0 aliphatic carbocycles. The molecule has 0 radical (unpaired) electrons. The lowest BCUT2D eigenvalue weighted by atomic mass is 10.1. The van der Waals surface area contributed by atoms with Crippen molar-refractivity contribution in [1.82, 2.24) is 9.97 Å². The van der Waals surface area contributed by atoms with Gasteiger partial charge >= 0.3 is 0 Å². The van der Waals surface area contributed by atoms with Gasteiger partial charge in [0.05, 0.1) is 17.1 Å². The third kappa shape index (κ3) is 2.93. The first-order chi connectivity index (χ1) is 10.3. The van der Waals surface area contributed by atoms with Crippen LogP contribution < -0.4 is 5.32 Å². The van der Waals surface area contributed by atoms with Gasteiger partial charge in [-0.05, 0) is 35.9 Å². The Bertz CT molecular complexity index is 822. The molecular formula is C16H11ClN4. The van der Waals surface area contributed by atoms with Crippen LogP contribution >= 0.6 is 11.6 Å². The molecule has 0 amide bonds. The van der Waals surface area contributed by atoms with Crippen LogP contribution in [0.3, 0.4) is 0 Å². The van der Waals surface area contributed by atoms with Crippen molar-refractivity contribution in [2.24, 2.45) is 0 Å². The van der Waals surface area contributed by atoms with E-state index >= 15 is 0 Å². The van der Waals surface area contributed by atoms with Gasteiger partial charge in [0.15, 0.2) is 0 Å². The van der Waals surface area contributed by atoms with E-state index in [1.165, 1.54) is 6.33 Å². The maximum atomic E-state index is 9.00. The molecule has 2 aromatic carbocycles. The maximum absolute atomic E-state index is 9.00. The molecule has 1 N–H and O–H groups in total. The van der Waals surface area contributed by atoms with E-state index in [0.29, 0.717) is 22.9 Å². The van der Waals surface area contributed by atoms with E-state index in [0.717, 1.165) is 16.5 Å². The Kier molecular flexibility index (Phi) is 3.67. The average molecular weight is 295 g/mol. The highest BCUT2D eigenvalue weighted by molar-refractivity contribution is 6.30. The summed E-state index contributed by atoms with van der Waals surface area (Å²) in [5.41, 5.74) is 2.50. The van der Waals surface area contributed by atoms with Gasteiger partial charge < -0.3 is 5.32 Å². The van der Waals surface area contributed by atoms with Crippen LogP contribution in [-0.4, -0.2) is 9.97 Å². The van der Waals surface area contributed by atoms with Crippen molar-refractivity contribution in [2.75, 3.05) is 5.32 Å². The third-order valence-corrected chi connectivity index (χ3v) is 3.39. The van der Waals surface area contributed by atoms with Crippen molar-refractivity contribution in [3.63, 3.8) is 0 Å². The number of benzene rings is 2. The van der Waals surface area contributed by atoms with E-state index < -0.39 is 0 Å². The Hall–Kier alpha value is -2.64. The number of halogens is 1. The fourth-order valence-electron chi connectivity index (χ4n) is 2.06. The number of nitriles is 1. The first-order valence-corrected chi connectivity index (χ1v) is 6.77. The van der Waals surface area contributed by atoms with Crippen LogP contribution in [-0.2, 0) is 6.54 Å². The predicted molar refractivity (Wildman–Crippen MR) is 83.0 cm³/mol. The van der Waals surface area contributed by atoms with E-state index in [-0.39, 0.29) is 0 Å². The number of fused-ring (bicyclic) bond motifs is 1. The molecule has 0 unspecified atom stereocenters. The van der Waals surface area contributed by atoms with E-state index in [4.69, 9.17) is 16.9 Å². The molecule has 102 valence electrons. The van der Waals surface area contributed by atoms with Gasteiger partial charge in [0.1, 0.15) is 12.1 Å². The molecule has 0 saturated carbocycles. The average Bonchev–Trinajstić information content (AvgIpc) is 2.54. The quantitative estimate of drug-likeness (QED) is 0.799. The minimum atomic E-state index is 0.590. The smallest absolute Gasteiger partial charge is 0.137 e. The van der Waals surface area contributed by atoms with Crippen molar-refractivity contribution in [2.45, 2.75) is 6.54 Å². The lowest BCUT2D eigenvalue weighted by molar-refractivity contribution is 1.10. The van der Waals surface area contributed by atoms with Crippen molar-refractivity contribution < 1.29 is 0 Å². The van der Waals surface area contributed by atoms with Crippen LogP contribution in [0.2, 0.25) is 5.02 Å². The van der Waals surface area contributed by atoms with Gasteiger partial charge in [0.25, 0.3) is 0 Å². The Labute approximate surface area is 127 Å². The number of hydrogen-bond acceptors (Lipinski definition) is 4. The SMILES string of the molecule is N#Cc1ccc2ncnc(NCc3ccc(Cl)cc3)c2c1. The van der Waals surface area contributed by atoms with E-state index in [9.17, 15) is 0 Å². The zero-order valence-electron chi connectivity index (χ0n) is 11.0. The molecule has 0 aliphatic heterocycles. The highest BCUT2D eigenvalue weighted by atomic mass is 35.5. The van der Waals surface area contributed by atoms with Crippen LogP contribution in [0.25, 0.3) is 10.9 Å². The second kappa shape index (κ2) is 5.78. The monoisotopic (exact) mass is 294 g/mol. The van der Waals surface area contributed by atoms with E-state index in [2.05, 4.69) is 21.4 Å². The molecule has 0 aliphatic rings. The molecule has 0 spiro atoms. The summed E-state index contributed by atoms with van der Waals surface area (Å²) in [4.78, 5) is 8.46. The summed E-state index contributed by atoms with van der Waals surface area (Å²) in [5, 5.41) is 13.8. The summed E-state index contributed by atoms with van der Waals surface area (Å²) in [6.45, 7) is 0.625. The molecule has 0 bridgehead atoms. The van der Waals surface area contributed by atoms with Gasteiger partial charge in [0, 0.05) is 17.0 Å². The lowest BCUT2D eigenvalue weighted by Crippen LogP contribution is -2.02. The Morgan fingerprint density at radius 3 is 2.67 bits per heavy atom. The Balaban J connectivity index is 1.89. The molecule has 1 aromatic heterocycles. The first-order valence-electron chi connectivity index (χ1n) is 6.39. The standard InChI is InChI=1S/C16H11ClN4/c17-13-4-1-11(2-5-13)9-19-16-14-7-12(8-18)3-6-15(14)20-10-21-16/h1-7,10H,9H2,(H,19,20,21). The highest BCUT2D eigenvalue weighted by Crippen LogP contribution is 2.21. The van der Waals surface area contributed by atoms with Gasteiger partial charge in [-0.25, -0.2) is 9.97 Å². The van der Waals surface area contributed by atoms with Crippen molar-refractivity contribution >= 4 is 28.3 Å². The second-order valence-corrected chi connectivity index (χ2v) is 4.98. The molecule has 0 saturated heterocycles. The van der Waals surface area contributed by atoms with Gasteiger partial charge in [-0.3, -0.25) is 0 Å². The molecule has 1 heterocycles. The van der Waals surface area contributed by atoms with Crippen LogP contribution in [0.1, 0.15) is 11.1 Å². The normalized spacial score (nSPS) is 10.3. The van der Waals surface area contributed by atoms with Gasteiger partial charge in [-0.1, -0.05) is 23.7 Å². The summed E-state index contributed by atoms with van der Waals surface area (Å²) in [6.07, 6.45) is 1.51. The largest absolute Gasteiger partial charge is 0.365 e. The van der Waals surface area contributed by atoms with Crippen LogP contribution in [0, 0.1) is 11.3 Å². The minimum Gasteiger partial charge on any atom is -0.365 e. The summed E-state index contributed by atoms with van der Waals surface area (Å²) in [5.74, 6) is 0.715. The number of nitrogens with zero attached hydrogens (tertiary/aromatic N) is 3. The molecule has 0 atom stereocenters. The number of aromatic nitrogens is 2. The minimum absolute atomic E-state index is 0.590. The summed E-state index contributed by atoms with van der Waals surface area (Å²) in [7, 11) is 0. The summed E-state index contributed by atoms with van der Waals surface area (Å²) in [6, 6.07) is 15.1. The molecule has 21 heavy (non-hydrogen) atoms. The maximum Gasteiger partial charge on any atom is 0.137 e. The van der Waals surface area contributed by atoms with Gasteiger partial charge in [-0.15, -0.1) is 0 Å². The molecule has 0 fully saturated rings. The second-order valence-electron chi connectivity index (χ2n) is 4.55. The lowest BCUT2D eigenvalue weighted by Gasteiger charge is -2.08. The van der Waals surface area contributed by atoms with Crippen LogP contribution in [0.4, 0.5) is 5.82 Å². The highest BCUT2D eigenvalue weighted by Gasteiger charge is 2.04. The zero-order valence-corrected chi connectivity index (χ0v) is 11.8. The number of nitrogens with one attached hydrogen (secondary N) is 1. The van der Waals surface area contributed by atoms with Crippen LogP contribution in [0.5, 0.6) is 0 Å². The van der Waals surface area contributed by atoms with Crippen LogP contribution in [0.15, 0.2) is 48.8 Å². The van der Waals surface area contributed by atoms with Gasteiger partial charge in [-0.2, -0.15) is 5.26 Å². The molecular weight excluding hydrogens is 284 g/mol. The zero-order chi connectivity index (χ0) is 14.7. The molecule has 3 aromatic rings.